The number of amides is 2. The molecule has 1 aliphatic rings. The second kappa shape index (κ2) is 6.23. The van der Waals surface area contributed by atoms with E-state index in [4.69, 9.17) is 11.0 Å². The van der Waals surface area contributed by atoms with Crippen molar-refractivity contribution in [1.29, 1.82) is 5.26 Å². The van der Waals surface area contributed by atoms with E-state index in [0.29, 0.717) is 21.7 Å². The number of nitrogens with zero attached hydrogens (tertiary/aromatic N) is 1. The fourth-order valence-electron chi connectivity index (χ4n) is 2.82. The number of carbonyl (C=O) groups is 2. The van der Waals surface area contributed by atoms with E-state index in [-0.39, 0.29) is 5.91 Å². The maximum Gasteiger partial charge on any atom is 0.256 e. The summed E-state index contributed by atoms with van der Waals surface area (Å²) >= 11 is 1.43. The van der Waals surface area contributed by atoms with Crippen molar-refractivity contribution in [3.63, 3.8) is 0 Å². The second-order valence-corrected chi connectivity index (χ2v) is 6.53. The minimum atomic E-state index is -0.509. The summed E-state index contributed by atoms with van der Waals surface area (Å²) in [4.78, 5) is 25.3. The summed E-state index contributed by atoms with van der Waals surface area (Å²) < 4.78 is 0. The van der Waals surface area contributed by atoms with Gasteiger partial charge in [0.25, 0.3) is 11.8 Å². The maximum atomic E-state index is 12.4. The monoisotopic (exact) mass is 325 g/mol. The number of primary amides is 1. The Morgan fingerprint density at radius 2 is 2.04 bits per heavy atom. The summed E-state index contributed by atoms with van der Waals surface area (Å²) in [5.41, 5.74) is 7.73. The van der Waals surface area contributed by atoms with Gasteiger partial charge < -0.3 is 11.1 Å². The van der Waals surface area contributed by atoms with Crippen molar-refractivity contribution in [2.24, 2.45) is 5.73 Å². The normalized spacial score (nSPS) is 13.0. The van der Waals surface area contributed by atoms with Crippen LogP contribution in [0.15, 0.2) is 24.3 Å². The van der Waals surface area contributed by atoms with E-state index < -0.39 is 5.91 Å². The lowest BCUT2D eigenvalue weighted by Gasteiger charge is -2.11. The predicted molar refractivity (Wildman–Crippen MR) is 88.6 cm³/mol. The number of nitrogens with two attached hydrogens (primary N) is 1. The van der Waals surface area contributed by atoms with Crippen LogP contribution in [0.2, 0.25) is 0 Å². The third kappa shape index (κ3) is 2.96. The third-order valence-corrected chi connectivity index (χ3v) is 5.11. The molecule has 0 aliphatic heterocycles. The SMILES string of the molecule is N#Cc1cccc(C(=O)Nc2sc3c(c2C(N)=O)CCCC3)c1. The highest BCUT2D eigenvalue weighted by molar-refractivity contribution is 7.17. The lowest BCUT2D eigenvalue weighted by atomic mass is 9.95. The number of nitriles is 1. The van der Waals surface area contributed by atoms with Gasteiger partial charge in [0, 0.05) is 10.4 Å². The van der Waals surface area contributed by atoms with Gasteiger partial charge in [0.1, 0.15) is 5.00 Å². The van der Waals surface area contributed by atoms with Crippen LogP contribution in [0.3, 0.4) is 0 Å². The number of thiophene rings is 1. The molecule has 2 amide bonds. The molecule has 23 heavy (non-hydrogen) atoms. The van der Waals surface area contributed by atoms with E-state index in [9.17, 15) is 9.59 Å². The molecule has 1 aromatic carbocycles. The van der Waals surface area contributed by atoms with Gasteiger partial charge in [-0.2, -0.15) is 5.26 Å². The van der Waals surface area contributed by atoms with Gasteiger partial charge in [-0.15, -0.1) is 11.3 Å². The summed E-state index contributed by atoms with van der Waals surface area (Å²) in [7, 11) is 0. The highest BCUT2D eigenvalue weighted by atomic mass is 32.1. The standard InChI is InChI=1S/C17H15N3O2S/c18-9-10-4-3-5-11(8-10)16(22)20-17-14(15(19)21)12-6-1-2-7-13(12)23-17/h3-5,8H,1-2,6-7H2,(H2,19,21)(H,20,22). The molecule has 1 aromatic heterocycles. The minimum absolute atomic E-state index is 0.344. The molecule has 2 aromatic rings. The Bertz CT molecular complexity index is 833. The molecule has 0 saturated heterocycles. The highest BCUT2D eigenvalue weighted by Gasteiger charge is 2.25. The van der Waals surface area contributed by atoms with Crippen LogP contribution >= 0.6 is 11.3 Å². The zero-order chi connectivity index (χ0) is 16.4. The van der Waals surface area contributed by atoms with Crippen molar-refractivity contribution in [3.8, 4) is 6.07 Å². The number of carbonyl (C=O) groups excluding carboxylic acids is 2. The molecular formula is C17H15N3O2S. The van der Waals surface area contributed by atoms with Crippen LogP contribution in [0.25, 0.3) is 0 Å². The van der Waals surface area contributed by atoms with Gasteiger partial charge in [0.15, 0.2) is 0 Å². The number of benzene rings is 1. The summed E-state index contributed by atoms with van der Waals surface area (Å²) in [5.74, 6) is -0.853. The van der Waals surface area contributed by atoms with Crippen molar-refractivity contribution in [3.05, 3.63) is 51.4 Å². The highest BCUT2D eigenvalue weighted by Crippen LogP contribution is 2.38. The van der Waals surface area contributed by atoms with Gasteiger partial charge in [-0.3, -0.25) is 9.59 Å². The zero-order valence-corrected chi connectivity index (χ0v) is 13.2. The number of aryl methyl sites for hydroxylation is 1. The van der Waals surface area contributed by atoms with Crippen LogP contribution in [0.4, 0.5) is 5.00 Å². The van der Waals surface area contributed by atoms with E-state index in [0.717, 1.165) is 36.1 Å². The van der Waals surface area contributed by atoms with Crippen LogP contribution in [-0.4, -0.2) is 11.8 Å². The van der Waals surface area contributed by atoms with Gasteiger partial charge in [-0.25, -0.2) is 0 Å². The fraction of sp³-hybridized carbons (Fsp3) is 0.235. The van der Waals surface area contributed by atoms with Gasteiger partial charge in [-0.1, -0.05) is 6.07 Å². The summed E-state index contributed by atoms with van der Waals surface area (Å²) in [6.45, 7) is 0. The third-order valence-electron chi connectivity index (χ3n) is 3.90. The van der Waals surface area contributed by atoms with Crippen LogP contribution < -0.4 is 11.1 Å². The predicted octanol–water partition coefficient (Wildman–Crippen LogP) is 2.85. The first-order chi connectivity index (χ1) is 11.1. The first kappa shape index (κ1) is 15.3. The van der Waals surface area contributed by atoms with Gasteiger partial charge >= 0.3 is 0 Å². The Labute approximate surface area is 137 Å². The molecule has 116 valence electrons. The van der Waals surface area contributed by atoms with Crippen LogP contribution in [0.1, 0.15) is 49.6 Å². The number of nitrogens with one attached hydrogen (secondary N) is 1. The molecule has 0 atom stereocenters. The smallest absolute Gasteiger partial charge is 0.256 e. The van der Waals surface area contributed by atoms with E-state index in [2.05, 4.69) is 5.32 Å². The van der Waals surface area contributed by atoms with Gasteiger partial charge in [-0.05, 0) is 49.4 Å². The first-order valence-corrected chi connectivity index (χ1v) is 8.17. The molecule has 3 N–H and O–H groups in total. The molecule has 1 aliphatic carbocycles. The molecule has 6 heteroatoms. The van der Waals surface area contributed by atoms with Crippen molar-refractivity contribution < 1.29 is 9.59 Å². The van der Waals surface area contributed by atoms with E-state index >= 15 is 0 Å². The van der Waals surface area contributed by atoms with Gasteiger partial charge in [0.05, 0.1) is 17.2 Å². The molecule has 0 bridgehead atoms. The average molecular weight is 325 g/mol. The Kier molecular flexibility index (Phi) is 4.13. The molecular weight excluding hydrogens is 310 g/mol. The number of fused-ring (bicyclic) bond motifs is 1. The minimum Gasteiger partial charge on any atom is -0.365 e. The van der Waals surface area contributed by atoms with Crippen LogP contribution in [0.5, 0.6) is 0 Å². The van der Waals surface area contributed by atoms with Crippen molar-refractivity contribution in [2.45, 2.75) is 25.7 Å². The Hall–Kier alpha value is -2.65. The quantitative estimate of drug-likeness (QED) is 0.908. The molecule has 5 nitrogen and oxygen atoms in total. The summed E-state index contributed by atoms with van der Waals surface area (Å²) in [5, 5.41) is 12.2. The Morgan fingerprint density at radius 1 is 1.26 bits per heavy atom. The molecule has 3 rings (SSSR count). The summed E-state index contributed by atoms with van der Waals surface area (Å²) in [6, 6.07) is 8.45. The topological polar surface area (TPSA) is 96.0 Å². The van der Waals surface area contributed by atoms with E-state index in [1.54, 1.807) is 18.2 Å². The van der Waals surface area contributed by atoms with Crippen LogP contribution in [-0.2, 0) is 12.8 Å². The number of rotatable bonds is 3. The van der Waals surface area contributed by atoms with Gasteiger partial charge in [0.2, 0.25) is 0 Å². The van der Waals surface area contributed by atoms with Crippen molar-refractivity contribution in [2.75, 3.05) is 5.32 Å². The molecule has 0 radical (unpaired) electrons. The fourth-order valence-corrected chi connectivity index (χ4v) is 4.11. The largest absolute Gasteiger partial charge is 0.365 e. The van der Waals surface area contributed by atoms with E-state index in [1.165, 1.54) is 17.4 Å². The van der Waals surface area contributed by atoms with Crippen LogP contribution in [0, 0.1) is 11.3 Å². The van der Waals surface area contributed by atoms with E-state index in [1.807, 2.05) is 6.07 Å². The first-order valence-electron chi connectivity index (χ1n) is 7.36. The second-order valence-electron chi connectivity index (χ2n) is 5.43. The van der Waals surface area contributed by atoms with Crippen molar-refractivity contribution >= 4 is 28.2 Å². The summed E-state index contributed by atoms with van der Waals surface area (Å²) in [6.07, 6.45) is 3.86. The molecule has 0 fully saturated rings. The number of anilines is 1. The molecule has 0 saturated carbocycles. The van der Waals surface area contributed by atoms with Crippen molar-refractivity contribution in [1.82, 2.24) is 0 Å². The lowest BCUT2D eigenvalue weighted by Crippen LogP contribution is -2.18. The maximum absolute atomic E-state index is 12.4. The Morgan fingerprint density at radius 3 is 2.78 bits per heavy atom. The average Bonchev–Trinajstić information content (AvgIpc) is 2.92. The zero-order valence-electron chi connectivity index (χ0n) is 12.4. The molecule has 1 heterocycles. The Balaban J connectivity index is 1.93. The lowest BCUT2D eigenvalue weighted by molar-refractivity contribution is 0.100. The number of hydrogen-bond donors (Lipinski definition) is 2. The molecule has 0 unspecified atom stereocenters. The number of hydrogen-bond acceptors (Lipinski definition) is 4. The molecule has 0 spiro atoms.